The zero-order valence-electron chi connectivity index (χ0n) is 15.7. The van der Waals surface area contributed by atoms with Crippen molar-refractivity contribution >= 4 is 10.0 Å². The van der Waals surface area contributed by atoms with Crippen LogP contribution in [0.3, 0.4) is 0 Å². The zero-order chi connectivity index (χ0) is 19.6. The maximum Gasteiger partial charge on any atom is 0.244 e. The van der Waals surface area contributed by atoms with Crippen molar-refractivity contribution in [1.82, 2.24) is 4.72 Å². The van der Waals surface area contributed by atoms with Crippen LogP contribution in [0, 0.1) is 0 Å². The highest BCUT2D eigenvalue weighted by atomic mass is 32.2. The fraction of sp³-hybridized carbons (Fsp3) is 0.368. The molecular weight excluding hydrogens is 370 g/mol. The number of hydrogen-bond donors (Lipinski definition) is 1. The number of rotatable bonds is 7. The molecule has 0 amide bonds. The Labute approximate surface area is 159 Å². The van der Waals surface area contributed by atoms with Gasteiger partial charge in [-0.1, -0.05) is 0 Å². The van der Waals surface area contributed by atoms with E-state index in [1.54, 1.807) is 26.4 Å². The maximum atomic E-state index is 13.0. The topological polar surface area (TPSA) is 83.1 Å². The molecule has 27 heavy (non-hydrogen) atoms. The predicted octanol–water partition coefficient (Wildman–Crippen LogP) is 2.69. The molecule has 7 nitrogen and oxygen atoms in total. The van der Waals surface area contributed by atoms with Crippen LogP contribution in [0.2, 0.25) is 0 Å². The van der Waals surface area contributed by atoms with Crippen LogP contribution in [0.25, 0.3) is 0 Å². The first-order valence-corrected chi connectivity index (χ1v) is 9.91. The summed E-state index contributed by atoms with van der Waals surface area (Å²) in [5.41, 5.74) is 1.94. The first-order valence-electron chi connectivity index (χ1n) is 8.42. The number of methoxy groups -OCH3 is 4. The molecule has 1 aliphatic rings. The van der Waals surface area contributed by atoms with E-state index >= 15 is 0 Å². The molecule has 3 rings (SSSR count). The van der Waals surface area contributed by atoms with Gasteiger partial charge in [-0.15, -0.1) is 0 Å². The van der Waals surface area contributed by atoms with Gasteiger partial charge < -0.3 is 18.9 Å². The lowest BCUT2D eigenvalue weighted by atomic mass is 10.1. The Bertz CT molecular complexity index is 941. The molecule has 1 N–H and O–H groups in total. The van der Waals surface area contributed by atoms with Crippen molar-refractivity contribution in [3.63, 3.8) is 0 Å². The van der Waals surface area contributed by atoms with E-state index in [1.165, 1.54) is 20.3 Å². The second-order valence-electron chi connectivity index (χ2n) is 6.14. The molecule has 146 valence electrons. The van der Waals surface area contributed by atoms with Crippen LogP contribution in [0.5, 0.6) is 23.0 Å². The van der Waals surface area contributed by atoms with Gasteiger partial charge in [0.1, 0.15) is 16.4 Å². The molecule has 0 fully saturated rings. The number of nitrogens with one attached hydrogen (secondary N) is 1. The van der Waals surface area contributed by atoms with Crippen LogP contribution in [0.15, 0.2) is 35.2 Å². The Balaban J connectivity index is 1.93. The number of sulfonamides is 1. The van der Waals surface area contributed by atoms with Gasteiger partial charge in [0.05, 0.1) is 28.4 Å². The molecule has 0 spiro atoms. The molecule has 0 aromatic heterocycles. The minimum atomic E-state index is -3.79. The van der Waals surface area contributed by atoms with Gasteiger partial charge in [0.15, 0.2) is 11.5 Å². The van der Waals surface area contributed by atoms with Gasteiger partial charge in [0.2, 0.25) is 10.0 Å². The number of fused-ring (bicyclic) bond motifs is 1. The summed E-state index contributed by atoms with van der Waals surface area (Å²) < 4.78 is 49.8. The van der Waals surface area contributed by atoms with Gasteiger partial charge in [-0.25, -0.2) is 13.1 Å². The molecule has 1 aliphatic carbocycles. The first kappa shape index (κ1) is 19.3. The molecule has 1 atom stereocenters. The molecule has 0 saturated carbocycles. The van der Waals surface area contributed by atoms with Crippen molar-refractivity contribution in [2.75, 3.05) is 28.4 Å². The Kier molecular flexibility index (Phi) is 5.48. The van der Waals surface area contributed by atoms with Gasteiger partial charge in [0.25, 0.3) is 0 Å². The highest BCUT2D eigenvalue weighted by molar-refractivity contribution is 7.89. The molecule has 2 aromatic rings. The summed E-state index contributed by atoms with van der Waals surface area (Å²) in [4.78, 5) is 0.0692. The van der Waals surface area contributed by atoms with Crippen molar-refractivity contribution in [1.29, 1.82) is 0 Å². The van der Waals surface area contributed by atoms with E-state index in [2.05, 4.69) is 4.72 Å². The smallest absolute Gasteiger partial charge is 0.244 e. The molecule has 0 heterocycles. The van der Waals surface area contributed by atoms with Crippen LogP contribution in [-0.4, -0.2) is 36.9 Å². The van der Waals surface area contributed by atoms with Gasteiger partial charge in [0, 0.05) is 12.1 Å². The summed E-state index contributed by atoms with van der Waals surface area (Å²) >= 11 is 0. The van der Waals surface area contributed by atoms with Crippen molar-refractivity contribution in [3.05, 3.63) is 41.5 Å². The highest BCUT2D eigenvalue weighted by Gasteiger charge is 2.30. The maximum absolute atomic E-state index is 13.0. The standard InChI is InChI=1S/C19H23NO6S/c1-23-13-6-8-19(18(10-13)26-4)27(21,22)20-15-7-5-12-9-16(24-2)17(25-3)11-14(12)15/h6,8-11,15,20H,5,7H2,1-4H3. The third-order valence-corrected chi connectivity index (χ3v) is 6.19. The van der Waals surface area contributed by atoms with Crippen molar-refractivity contribution in [3.8, 4) is 23.0 Å². The molecule has 0 radical (unpaired) electrons. The summed E-state index contributed by atoms with van der Waals surface area (Å²) in [7, 11) is 2.28. The summed E-state index contributed by atoms with van der Waals surface area (Å²) in [5, 5.41) is 0. The van der Waals surface area contributed by atoms with E-state index in [0.29, 0.717) is 23.7 Å². The summed E-state index contributed by atoms with van der Waals surface area (Å²) in [6, 6.07) is 8.00. The average Bonchev–Trinajstić information content (AvgIpc) is 3.07. The van der Waals surface area contributed by atoms with Crippen LogP contribution in [0.1, 0.15) is 23.6 Å². The van der Waals surface area contributed by atoms with Crippen LogP contribution in [0.4, 0.5) is 0 Å². The fourth-order valence-electron chi connectivity index (χ4n) is 3.30. The van der Waals surface area contributed by atoms with Gasteiger partial charge >= 0.3 is 0 Å². The molecule has 1 unspecified atom stereocenters. The zero-order valence-corrected chi connectivity index (χ0v) is 16.6. The molecule has 0 bridgehead atoms. The number of ether oxygens (including phenoxy) is 4. The lowest BCUT2D eigenvalue weighted by molar-refractivity contribution is 0.354. The average molecular weight is 393 g/mol. The Morgan fingerprint density at radius 3 is 2.19 bits per heavy atom. The second kappa shape index (κ2) is 7.66. The Hall–Kier alpha value is -2.45. The quantitative estimate of drug-likeness (QED) is 0.779. The van der Waals surface area contributed by atoms with Crippen LogP contribution < -0.4 is 23.7 Å². The molecule has 2 aromatic carbocycles. The van der Waals surface area contributed by atoms with Crippen molar-refractivity contribution in [2.24, 2.45) is 0 Å². The largest absolute Gasteiger partial charge is 0.497 e. The fourth-order valence-corrected chi connectivity index (χ4v) is 4.70. The minimum Gasteiger partial charge on any atom is -0.497 e. The first-order chi connectivity index (χ1) is 12.9. The number of hydrogen-bond acceptors (Lipinski definition) is 6. The minimum absolute atomic E-state index is 0.0692. The molecule has 0 aliphatic heterocycles. The lowest BCUT2D eigenvalue weighted by Gasteiger charge is -2.18. The van der Waals surface area contributed by atoms with E-state index in [9.17, 15) is 8.42 Å². The Morgan fingerprint density at radius 1 is 0.889 bits per heavy atom. The van der Waals surface area contributed by atoms with E-state index < -0.39 is 10.0 Å². The molecule has 8 heteroatoms. The summed E-state index contributed by atoms with van der Waals surface area (Å²) in [6.07, 6.45) is 1.41. The van der Waals surface area contributed by atoms with Gasteiger partial charge in [-0.05, 0) is 48.2 Å². The predicted molar refractivity (Wildman–Crippen MR) is 100 cm³/mol. The van der Waals surface area contributed by atoms with Crippen molar-refractivity contribution < 1.29 is 27.4 Å². The van der Waals surface area contributed by atoms with Crippen molar-refractivity contribution in [2.45, 2.75) is 23.8 Å². The lowest BCUT2D eigenvalue weighted by Crippen LogP contribution is -2.27. The third kappa shape index (κ3) is 3.68. The van der Waals surface area contributed by atoms with Gasteiger partial charge in [-0.2, -0.15) is 0 Å². The van der Waals surface area contributed by atoms with E-state index in [0.717, 1.165) is 17.5 Å². The molecular formula is C19H23NO6S. The Morgan fingerprint density at radius 2 is 1.56 bits per heavy atom. The SMILES string of the molecule is COc1ccc(S(=O)(=O)NC2CCc3cc(OC)c(OC)cc32)c(OC)c1. The molecule has 0 saturated heterocycles. The van der Waals surface area contributed by atoms with E-state index in [4.69, 9.17) is 18.9 Å². The highest BCUT2D eigenvalue weighted by Crippen LogP contribution is 2.40. The van der Waals surface area contributed by atoms with Crippen LogP contribution in [-0.2, 0) is 16.4 Å². The van der Waals surface area contributed by atoms with Gasteiger partial charge in [-0.3, -0.25) is 0 Å². The number of aryl methyl sites for hydroxylation is 1. The van der Waals surface area contributed by atoms with Crippen LogP contribution >= 0.6 is 0 Å². The normalized spacial score (nSPS) is 15.9. The number of benzene rings is 2. The second-order valence-corrected chi connectivity index (χ2v) is 7.82. The summed E-state index contributed by atoms with van der Waals surface area (Å²) in [6.45, 7) is 0. The van der Waals surface area contributed by atoms with E-state index in [1.807, 2.05) is 12.1 Å². The van der Waals surface area contributed by atoms with E-state index in [-0.39, 0.29) is 16.7 Å². The third-order valence-electron chi connectivity index (χ3n) is 4.68. The summed E-state index contributed by atoms with van der Waals surface area (Å²) in [5.74, 6) is 1.96. The monoisotopic (exact) mass is 393 g/mol.